The van der Waals surface area contributed by atoms with Crippen molar-refractivity contribution < 1.29 is 4.74 Å². The van der Waals surface area contributed by atoms with E-state index in [0.717, 1.165) is 36.9 Å². The monoisotopic (exact) mass is 279 g/mol. The van der Waals surface area contributed by atoms with Crippen LogP contribution in [0.15, 0.2) is 12.3 Å². The maximum Gasteiger partial charge on any atom is 0.128 e. The number of nitrogen functional groups attached to an aromatic ring is 1. The van der Waals surface area contributed by atoms with Crippen LogP contribution in [-0.4, -0.2) is 24.2 Å². The van der Waals surface area contributed by atoms with E-state index in [9.17, 15) is 0 Å². The number of nitrogens with one attached hydrogen (secondary N) is 1. The van der Waals surface area contributed by atoms with Crippen molar-refractivity contribution >= 4 is 5.82 Å². The Morgan fingerprint density at radius 1 is 1.35 bits per heavy atom. The van der Waals surface area contributed by atoms with Gasteiger partial charge >= 0.3 is 0 Å². The van der Waals surface area contributed by atoms with Crippen LogP contribution >= 0.6 is 0 Å². The Bertz CT molecular complexity index is 388. The molecule has 1 aromatic rings. The van der Waals surface area contributed by atoms with Crippen molar-refractivity contribution in [2.24, 2.45) is 0 Å². The van der Waals surface area contributed by atoms with Gasteiger partial charge in [-0.1, -0.05) is 20.8 Å². The summed E-state index contributed by atoms with van der Waals surface area (Å²) in [5, 5.41) is 3.62. The molecule has 1 aromatic heterocycles. The average molecular weight is 279 g/mol. The van der Waals surface area contributed by atoms with Gasteiger partial charge in [-0.05, 0) is 44.4 Å². The highest BCUT2D eigenvalue weighted by molar-refractivity contribution is 5.47. The molecule has 0 aliphatic carbocycles. The van der Waals surface area contributed by atoms with Gasteiger partial charge in [0.05, 0.1) is 11.6 Å². The van der Waals surface area contributed by atoms with Gasteiger partial charge in [-0.2, -0.15) is 0 Å². The standard InChI is InChI=1S/C16H29N3O/c1-6-10-18-14(16(7-2,8-3)20-5)13-12(4)9-11-19-15(13)17/h9,11,14,18H,6-8,10H2,1-5H3,(H2,17,19). The fourth-order valence-corrected chi connectivity index (χ4v) is 2.87. The third-order valence-electron chi connectivity index (χ3n) is 4.26. The molecule has 1 unspecified atom stereocenters. The Hall–Kier alpha value is -1.13. The Morgan fingerprint density at radius 3 is 2.45 bits per heavy atom. The Labute approximate surface area is 123 Å². The molecular weight excluding hydrogens is 250 g/mol. The zero-order chi connectivity index (χ0) is 15.2. The minimum Gasteiger partial charge on any atom is -0.383 e. The largest absolute Gasteiger partial charge is 0.383 e. The number of nitrogens with zero attached hydrogens (tertiary/aromatic N) is 1. The summed E-state index contributed by atoms with van der Waals surface area (Å²) in [6.45, 7) is 9.50. The molecule has 1 rings (SSSR count). The van der Waals surface area contributed by atoms with E-state index in [1.807, 2.05) is 6.07 Å². The van der Waals surface area contributed by atoms with E-state index >= 15 is 0 Å². The van der Waals surface area contributed by atoms with E-state index in [1.165, 1.54) is 0 Å². The van der Waals surface area contributed by atoms with E-state index in [4.69, 9.17) is 10.5 Å². The van der Waals surface area contributed by atoms with Crippen molar-refractivity contribution in [3.05, 3.63) is 23.4 Å². The highest BCUT2D eigenvalue weighted by Crippen LogP contribution is 2.38. The van der Waals surface area contributed by atoms with Crippen LogP contribution in [0.5, 0.6) is 0 Å². The summed E-state index contributed by atoms with van der Waals surface area (Å²) >= 11 is 0. The zero-order valence-electron chi connectivity index (χ0n) is 13.5. The van der Waals surface area contributed by atoms with Crippen LogP contribution in [0.1, 0.15) is 57.2 Å². The second-order valence-corrected chi connectivity index (χ2v) is 5.29. The lowest BCUT2D eigenvalue weighted by atomic mass is 9.82. The molecule has 0 radical (unpaired) electrons. The molecule has 20 heavy (non-hydrogen) atoms. The Morgan fingerprint density at radius 2 is 2.00 bits per heavy atom. The van der Waals surface area contributed by atoms with Gasteiger partial charge in [-0.15, -0.1) is 0 Å². The number of pyridine rings is 1. The topological polar surface area (TPSA) is 60.2 Å². The second kappa shape index (κ2) is 7.60. The summed E-state index contributed by atoms with van der Waals surface area (Å²) in [7, 11) is 1.79. The van der Waals surface area contributed by atoms with E-state index in [1.54, 1.807) is 13.3 Å². The highest BCUT2D eigenvalue weighted by Gasteiger charge is 2.38. The Balaban J connectivity index is 3.31. The fraction of sp³-hybridized carbons (Fsp3) is 0.688. The summed E-state index contributed by atoms with van der Waals surface area (Å²) in [5.74, 6) is 0.599. The molecule has 1 heterocycles. The molecule has 0 aliphatic heterocycles. The van der Waals surface area contributed by atoms with Crippen LogP contribution < -0.4 is 11.1 Å². The van der Waals surface area contributed by atoms with E-state index < -0.39 is 0 Å². The summed E-state index contributed by atoms with van der Waals surface area (Å²) in [6.07, 6.45) is 4.69. The number of methoxy groups -OCH3 is 1. The predicted octanol–water partition coefficient (Wildman–Crippen LogP) is 3.22. The maximum absolute atomic E-state index is 6.15. The van der Waals surface area contributed by atoms with E-state index in [0.29, 0.717) is 5.82 Å². The van der Waals surface area contributed by atoms with Crippen LogP contribution in [0.2, 0.25) is 0 Å². The van der Waals surface area contributed by atoms with Gasteiger partial charge in [-0.3, -0.25) is 0 Å². The van der Waals surface area contributed by atoms with Gasteiger partial charge < -0.3 is 15.8 Å². The number of aryl methyl sites for hydroxylation is 1. The zero-order valence-corrected chi connectivity index (χ0v) is 13.5. The molecule has 0 aliphatic rings. The van der Waals surface area contributed by atoms with Crippen molar-refractivity contribution in [3.8, 4) is 0 Å². The van der Waals surface area contributed by atoms with Crippen molar-refractivity contribution in [2.45, 2.75) is 58.6 Å². The summed E-state index contributed by atoms with van der Waals surface area (Å²) < 4.78 is 5.91. The number of rotatable bonds is 8. The first-order valence-corrected chi connectivity index (χ1v) is 7.55. The Kier molecular flexibility index (Phi) is 6.43. The molecule has 4 heteroatoms. The molecule has 0 saturated heterocycles. The predicted molar refractivity (Wildman–Crippen MR) is 84.7 cm³/mol. The smallest absolute Gasteiger partial charge is 0.128 e. The molecule has 3 N–H and O–H groups in total. The number of anilines is 1. The molecule has 0 aromatic carbocycles. The van der Waals surface area contributed by atoms with Crippen LogP contribution in [0.25, 0.3) is 0 Å². The van der Waals surface area contributed by atoms with Crippen molar-refractivity contribution in [1.82, 2.24) is 10.3 Å². The molecule has 114 valence electrons. The number of hydrogen-bond donors (Lipinski definition) is 2. The van der Waals surface area contributed by atoms with Gasteiger partial charge in [0.1, 0.15) is 5.82 Å². The molecule has 0 saturated carbocycles. The lowest BCUT2D eigenvalue weighted by Crippen LogP contribution is -2.45. The normalized spacial score (nSPS) is 13.4. The van der Waals surface area contributed by atoms with Gasteiger partial charge in [-0.25, -0.2) is 4.98 Å². The number of nitrogens with two attached hydrogens (primary N) is 1. The van der Waals surface area contributed by atoms with Gasteiger partial charge in [0.25, 0.3) is 0 Å². The third-order valence-corrected chi connectivity index (χ3v) is 4.26. The van der Waals surface area contributed by atoms with Crippen molar-refractivity contribution in [3.63, 3.8) is 0 Å². The first kappa shape index (κ1) is 16.9. The molecule has 0 fully saturated rings. The first-order valence-electron chi connectivity index (χ1n) is 7.55. The van der Waals surface area contributed by atoms with Gasteiger partial charge in [0.2, 0.25) is 0 Å². The molecule has 0 bridgehead atoms. The lowest BCUT2D eigenvalue weighted by molar-refractivity contribution is -0.0485. The first-order chi connectivity index (χ1) is 9.56. The van der Waals surface area contributed by atoms with Crippen molar-refractivity contribution in [1.29, 1.82) is 0 Å². The lowest BCUT2D eigenvalue weighted by Gasteiger charge is -2.40. The molecule has 0 amide bonds. The van der Waals surface area contributed by atoms with Crippen LogP contribution in [-0.2, 0) is 4.74 Å². The summed E-state index contributed by atoms with van der Waals surface area (Å²) in [6, 6.07) is 2.08. The third kappa shape index (κ3) is 3.30. The number of aromatic nitrogens is 1. The molecule has 0 spiro atoms. The number of hydrogen-bond acceptors (Lipinski definition) is 4. The molecule has 4 nitrogen and oxygen atoms in total. The summed E-state index contributed by atoms with van der Waals surface area (Å²) in [5.41, 5.74) is 8.13. The highest BCUT2D eigenvalue weighted by atomic mass is 16.5. The van der Waals surface area contributed by atoms with Gasteiger partial charge in [0, 0.05) is 18.9 Å². The van der Waals surface area contributed by atoms with Gasteiger partial charge in [0.15, 0.2) is 0 Å². The van der Waals surface area contributed by atoms with Crippen molar-refractivity contribution in [2.75, 3.05) is 19.4 Å². The van der Waals surface area contributed by atoms with Crippen LogP contribution in [0.3, 0.4) is 0 Å². The van der Waals surface area contributed by atoms with Crippen LogP contribution in [0.4, 0.5) is 5.82 Å². The number of ether oxygens (including phenoxy) is 1. The molecular formula is C16H29N3O. The SMILES string of the molecule is CCCNC(c1c(C)ccnc1N)C(CC)(CC)OC. The summed E-state index contributed by atoms with van der Waals surface area (Å²) in [4.78, 5) is 4.27. The second-order valence-electron chi connectivity index (χ2n) is 5.29. The minimum absolute atomic E-state index is 0.0659. The average Bonchev–Trinajstić information content (AvgIpc) is 2.45. The van der Waals surface area contributed by atoms with Crippen LogP contribution in [0, 0.1) is 6.92 Å². The minimum atomic E-state index is -0.253. The van der Waals surface area contributed by atoms with E-state index in [-0.39, 0.29) is 11.6 Å². The maximum atomic E-state index is 6.15. The van der Waals surface area contributed by atoms with E-state index in [2.05, 4.69) is 38.0 Å². The quantitative estimate of drug-likeness (QED) is 0.767. The fourth-order valence-electron chi connectivity index (χ4n) is 2.87. The molecule has 1 atom stereocenters.